The van der Waals surface area contributed by atoms with Crippen LogP contribution in [0.1, 0.15) is 42.5 Å². The van der Waals surface area contributed by atoms with Crippen molar-refractivity contribution in [2.24, 2.45) is 12.0 Å². The number of aryl methyl sites for hydroxylation is 1. The van der Waals surface area contributed by atoms with Crippen molar-refractivity contribution in [3.8, 4) is 0 Å². The third-order valence-electron chi connectivity index (χ3n) is 6.07. The number of hydrogen-bond donors (Lipinski definition) is 0. The van der Waals surface area contributed by atoms with Crippen LogP contribution in [0.4, 0.5) is 5.69 Å². The molecule has 174 valence electrons. The van der Waals surface area contributed by atoms with Gasteiger partial charge in [0.05, 0.1) is 20.0 Å². The Balaban J connectivity index is 1.59. The predicted molar refractivity (Wildman–Crippen MR) is 126 cm³/mol. The van der Waals surface area contributed by atoms with Crippen LogP contribution < -0.4 is 4.80 Å². The van der Waals surface area contributed by atoms with Crippen LogP contribution in [0.3, 0.4) is 0 Å². The summed E-state index contributed by atoms with van der Waals surface area (Å²) in [5.74, 6) is -0.517. The third kappa shape index (κ3) is 4.61. The van der Waals surface area contributed by atoms with Crippen molar-refractivity contribution in [1.82, 2.24) is 8.87 Å². The number of nitrogens with zero attached hydrogens (tertiary/aromatic N) is 4. The van der Waals surface area contributed by atoms with Gasteiger partial charge in [0.1, 0.15) is 0 Å². The Labute approximate surface area is 195 Å². The number of sulfonamides is 1. The average molecular weight is 489 g/mol. The lowest BCUT2D eigenvalue weighted by Gasteiger charge is -2.30. The molecule has 0 unspecified atom stereocenters. The third-order valence-corrected chi connectivity index (χ3v) is 9.10. The van der Waals surface area contributed by atoms with Crippen LogP contribution in [0.15, 0.2) is 52.4 Å². The van der Waals surface area contributed by atoms with Crippen LogP contribution in [0, 0.1) is 10.1 Å². The summed E-state index contributed by atoms with van der Waals surface area (Å²) in [6, 6.07) is 10.3. The van der Waals surface area contributed by atoms with Gasteiger partial charge >= 0.3 is 0 Å². The summed E-state index contributed by atoms with van der Waals surface area (Å²) in [6.45, 7) is 0. The van der Waals surface area contributed by atoms with Crippen molar-refractivity contribution in [2.75, 3.05) is 7.05 Å². The molecule has 0 radical (unpaired) electrons. The van der Waals surface area contributed by atoms with Crippen molar-refractivity contribution in [1.29, 1.82) is 0 Å². The highest BCUT2D eigenvalue weighted by Crippen LogP contribution is 2.27. The Morgan fingerprint density at radius 2 is 1.82 bits per heavy atom. The fourth-order valence-corrected chi connectivity index (χ4v) is 6.48. The molecule has 4 rings (SSSR count). The number of fused-ring (bicyclic) bond motifs is 1. The van der Waals surface area contributed by atoms with Crippen molar-refractivity contribution in [2.45, 2.75) is 43.0 Å². The first kappa shape index (κ1) is 23.3. The van der Waals surface area contributed by atoms with Gasteiger partial charge in [-0.05, 0) is 43.2 Å². The van der Waals surface area contributed by atoms with Gasteiger partial charge in [-0.15, -0.1) is 0 Å². The van der Waals surface area contributed by atoms with E-state index in [0.29, 0.717) is 10.3 Å². The Morgan fingerprint density at radius 1 is 1.15 bits per heavy atom. The Morgan fingerprint density at radius 3 is 2.45 bits per heavy atom. The van der Waals surface area contributed by atoms with E-state index in [1.165, 1.54) is 52.0 Å². The van der Waals surface area contributed by atoms with E-state index in [0.717, 1.165) is 36.8 Å². The topological polar surface area (TPSA) is 115 Å². The zero-order valence-electron chi connectivity index (χ0n) is 18.3. The second kappa shape index (κ2) is 9.16. The number of non-ortho nitro benzene ring substituents is 1. The van der Waals surface area contributed by atoms with E-state index >= 15 is 0 Å². The highest BCUT2D eigenvalue weighted by Gasteiger charge is 2.29. The standard InChI is InChI=1S/C22H24N4O5S2/c1-24-19-14-17(26(28)29)10-13-20(19)32-22(24)23-21(27)15-8-11-18(12-9-15)33(30,31)25(2)16-6-4-3-5-7-16/h8-14,16H,3-7H2,1-2H3. The summed E-state index contributed by atoms with van der Waals surface area (Å²) in [6.07, 6.45) is 4.92. The van der Waals surface area contributed by atoms with Crippen molar-refractivity contribution >= 4 is 43.2 Å². The first-order chi connectivity index (χ1) is 15.7. The number of aromatic nitrogens is 1. The molecule has 0 atom stereocenters. The highest BCUT2D eigenvalue weighted by molar-refractivity contribution is 7.89. The summed E-state index contributed by atoms with van der Waals surface area (Å²) in [5, 5.41) is 11.0. The maximum Gasteiger partial charge on any atom is 0.279 e. The smallest absolute Gasteiger partial charge is 0.279 e. The minimum Gasteiger partial charge on any atom is -0.319 e. The zero-order chi connectivity index (χ0) is 23.8. The van der Waals surface area contributed by atoms with Gasteiger partial charge in [-0.3, -0.25) is 14.9 Å². The quantitative estimate of drug-likeness (QED) is 0.400. The van der Waals surface area contributed by atoms with E-state index in [4.69, 9.17) is 0 Å². The molecule has 1 amide bonds. The molecule has 0 N–H and O–H groups in total. The molecule has 0 spiro atoms. The van der Waals surface area contributed by atoms with Gasteiger partial charge in [0.2, 0.25) is 10.0 Å². The second-order valence-corrected chi connectivity index (χ2v) is 11.1. The molecule has 3 aromatic rings. The molecule has 0 aliphatic heterocycles. The summed E-state index contributed by atoms with van der Waals surface area (Å²) in [7, 11) is -0.338. The minimum atomic E-state index is -3.64. The van der Waals surface area contributed by atoms with Crippen molar-refractivity contribution < 1.29 is 18.1 Å². The summed E-state index contributed by atoms with van der Waals surface area (Å²) in [5.41, 5.74) is 0.828. The molecular formula is C22H24N4O5S2. The van der Waals surface area contributed by atoms with Crippen LogP contribution >= 0.6 is 11.3 Å². The molecule has 1 fully saturated rings. The molecular weight excluding hydrogens is 464 g/mol. The summed E-state index contributed by atoms with van der Waals surface area (Å²) in [4.78, 5) is 28.0. The van der Waals surface area contributed by atoms with Crippen LogP contribution in [0.5, 0.6) is 0 Å². The summed E-state index contributed by atoms with van der Waals surface area (Å²) >= 11 is 1.24. The second-order valence-electron chi connectivity index (χ2n) is 8.11. The normalized spacial score (nSPS) is 15.9. The highest BCUT2D eigenvalue weighted by atomic mass is 32.2. The minimum absolute atomic E-state index is 0.00356. The van der Waals surface area contributed by atoms with Gasteiger partial charge in [0.25, 0.3) is 11.6 Å². The largest absolute Gasteiger partial charge is 0.319 e. The Bertz CT molecular complexity index is 1380. The van der Waals surface area contributed by atoms with Gasteiger partial charge < -0.3 is 4.57 Å². The zero-order valence-corrected chi connectivity index (χ0v) is 19.9. The van der Waals surface area contributed by atoms with Crippen LogP contribution in [-0.4, -0.2) is 41.2 Å². The van der Waals surface area contributed by atoms with Crippen LogP contribution in [0.25, 0.3) is 10.2 Å². The number of hydrogen-bond acceptors (Lipinski definition) is 6. The SMILES string of the molecule is CN(C1CCCCC1)S(=O)(=O)c1ccc(C(=O)N=c2sc3ccc([N+](=O)[O-])cc3n2C)cc1. The molecule has 1 aliphatic rings. The molecule has 0 bridgehead atoms. The predicted octanol–water partition coefficient (Wildman–Crippen LogP) is 3.84. The lowest BCUT2D eigenvalue weighted by Crippen LogP contribution is -2.38. The fraction of sp³-hybridized carbons (Fsp3) is 0.364. The van der Waals surface area contributed by atoms with E-state index in [1.807, 2.05) is 0 Å². The van der Waals surface area contributed by atoms with Gasteiger partial charge in [-0.1, -0.05) is 30.6 Å². The molecule has 9 nitrogen and oxygen atoms in total. The van der Waals surface area contributed by atoms with Gasteiger partial charge in [0.15, 0.2) is 4.80 Å². The number of nitro groups is 1. The van der Waals surface area contributed by atoms with Gasteiger partial charge in [-0.25, -0.2) is 8.42 Å². The molecule has 1 heterocycles. The van der Waals surface area contributed by atoms with E-state index < -0.39 is 20.9 Å². The maximum atomic E-state index is 13.0. The molecule has 33 heavy (non-hydrogen) atoms. The first-order valence-corrected chi connectivity index (χ1v) is 12.9. The lowest BCUT2D eigenvalue weighted by atomic mass is 9.96. The van der Waals surface area contributed by atoms with E-state index in [2.05, 4.69) is 4.99 Å². The molecule has 1 saturated carbocycles. The average Bonchev–Trinajstić information content (AvgIpc) is 3.13. The van der Waals surface area contributed by atoms with E-state index in [1.54, 1.807) is 24.7 Å². The molecule has 2 aromatic carbocycles. The summed E-state index contributed by atoms with van der Waals surface area (Å²) < 4.78 is 29.8. The number of carbonyl (C=O) groups is 1. The monoisotopic (exact) mass is 488 g/mol. The van der Waals surface area contributed by atoms with Gasteiger partial charge in [-0.2, -0.15) is 9.30 Å². The van der Waals surface area contributed by atoms with E-state index in [9.17, 15) is 23.3 Å². The van der Waals surface area contributed by atoms with Crippen molar-refractivity contribution in [3.63, 3.8) is 0 Å². The lowest BCUT2D eigenvalue weighted by molar-refractivity contribution is -0.384. The maximum absolute atomic E-state index is 13.0. The molecule has 1 aliphatic carbocycles. The van der Waals surface area contributed by atoms with E-state index in [-0.39, 0.29) is 22.2 Å². The Kier molecular flexibility index (Phi) is 6.46. The first-order valence-electron chi connectivity index (χ1n) is 10.6. The molecule has 11 heteroatoms. The van der Waals surface area contributed by atoms with Crippen LogP contribution in [-0.2, 0) is 17.1 Å². The van der Waals surface area contributed by atoms with Crippen molar-refractivity contribution in [3.05, 3.63) is 62.9 Å². The van der Waals surface area contributed by atoms with Gasteiger partial charge in [0, 0.05) is 37.8 Å². The number of thiazole rings is 1. The number of carbonyl (C=O) groups excluding carboxylic acids is 1. The number of amides is 1. The Hall–Kier alpha value is -2.89. The fourth-order valence-electron chi connectivity index (χ4n) is 4.06. The number of nitro benzene ring substituents is 1. The number of rotatable bonds is 5. The van der Waals surface area contributed by atoms with Crippen LogP contribution in [0.2, 0.25) is 0 Å². The molecule has 1 aromatic heterocycles. The number of benzene rings is 2. The molecule has 0 saturated heterocycles.